The zero-order valence-electron chi connectivity index (χ0n) is 11.7. The van der Waals surface area contributed by atoms with E-state index in [1.807, 2.05) is 6.92 Å². The lowest BCUT2D eigenvalue weighted by Crippen LogP contribution is -2.37. The molecule has 0 aromatic heterocycles. The van der Waals surface area contributed by atoms with Gasteiger partial charge in [0.25, 0.3) is 0 Å². The number of benzene rings is 1. The number of hydrogen-bond donors (Lipinski definition) is 1. The number of hydrogen-bond acceptors (Lipinski definition) is 2. The molecule has 2 nitrogen and oxygen atoms in total. The Morgan fingerprint density at radius 1 is 1.30 bits per heavy atom. The molecule has 1 aromatic carbocycles. The van der Waals surface area contributed by atoms with Gasteiger partial charge >= 0.3 is 6.18 Å². The van der Waals surface area contributed by atoms with Crippen molar-refractivity contribution in [2.24, 2.45) is 0 Å². The monoisotopic (exact) mass is 286 g/mol. The van der Waals surface area contributed by atoms with Gasteiger partial charge in [-0.15, -0.1) is 0 Å². The maximum Gasteiger partial charge on any atom is 0.416 e. The quantitative estimate of drug-likeness (QED) is 0.893. The molecule has 5 heteroatoms. The zero-order chi connectivity index (χ0) is 14.6. The van der Waals surface area contributed by atoms with Crippen molar-refractivity contribution in [1.82, 2.24) is 10.2 Å². The second-order valence-corrected chi connectivity index (χ2v) is 5.28. The van der Waals surface area contributed by atoms with Gasteiger partial charge in [-0.2, -0.15) is 13.2 Å². The normalized spacial score (nSPS) is 19.8. The first-order chi connectivity index (χ1) is 9.50. The van der Waals surface area contributed by atoms with Gasteiger partial charge in [0.15, 0.2) is 0 Å². The van der Waals surface area contributed by atoms with Gasteiger partial charge in [-0.3, -0.25) is 4.90 Å². The van der Waals surface area contributed by atoms with E-state index in [-0.39, 0.29) is 0 Å². The maximum atomic E-state index is 13.0. The summed E-state index contributed by atoms with van der Waals surface area (Å²) < 4.78 is 38.9. The van der Waals surface area contributed by atoms with Gasteiger partial charge in [0, 0.05) is 19.1 Å². The van der Waals surface area contributed by atoms with E-state index >= 15 is 0 Å². The van der Waals surface area contributed by atoms with Crippen LogP contribution in [-0.2, 0) is 12.7 Å². The molecule has 112 valence electrons. The Kier molecular flexibility index (Phi) is 5.05. The van der Waals surface area contributed by atoms with E-state index in [1.54, 1.807) is 12.1 Å². The molecule has 1 N–H and O–H groups in total. The highest BCUT2D eigenvalue weighted by molar-refractivity contribution is 5.29. The summed E-state index contributed by atoms with van der Waals surface area (Å²) in [7, 11) is 0. The number of alkyl halides is 3. The van der Waals surface area contributed by atoms with Gasteiger partial charge in [-0.1, -0.05) is 25.1 Å². The Bertz CT molecular complexity index is 425. The highest BCUT2D eigenvalue weighted by atomic mass is 19.4. The largest absolute Gasteiger partial charge is 0.416 e. The fraction of sp³-hybridized carbons (Fsp3) is 0.600. The molecule has 0 spiro atoms. The van der Waals surface area contributed by atoms with Gasteiger partial charge in [-0.05, 0) is 37.6 Å². The fourth-order valence-electron chi connectivity index (χ4n) is 2.71. The molecular weight excluding hydrogens is 265 g/mol. The van der Waals surface area contributed by atoms with Crippen molar-refractivity contribution >= 4 is 0 Å². The van der Waals surface area contributed by atoms with Crippen molar-refractivity contribution in [2.45, 2.75) is 38.5 Å². The highest BCUT2D eigenvalue weighted by Crippen LogP contribution is 2.32. The number of rotatable bonds is 5. The summed E-state index contributed by atoms with van der Waals surface area (Å²) in [5.41, 5.74) is -0.155. The molecule has 2 rings (SSSR count). The number of nitrogens with one attached hydrogen (secondary N) is 1. The molecule has 20 heavy (non-hydrogen) atoms. The third-order valence-electron chi connectivity index (χ3n) is 3.80. The molecule has 1 heterocycles. The van der Waals surface area contributed by atoms with Gasteiger partial charge < -0.3 is 5.32 Å². The molecule has 1 saturated heterocycles. The molecule has 0 radical (unpaired) electrons. The lowest BCUT2D eigenvalue weighted by Gasteiger charge is -2.25. The van der Waals surface area contributed by atoms with Crippen molar-refractivity contribution in [3.63, 3.8) is 0 Å². The predicted molar refractivity (Wildman–Crippen MR) is 73.4 cm³/mol. The molecule has 0 bridgehead atoms. The molecular formula is C15H21F3N2. The van der Waals surface area contributed by atoms with Crippen LogP contribution in [0.4, 0.5) is 13.2 Å². The standard InChI is InChI=1S/C15H21F3N2/c1-2-20(11-13-7-5-9-19-13)10-12-6-3-4-8-14(12)15(16,17)18/h3-4,6,8,13,19H,2,5,7,9-11H2,1H3. The molecule has 1 aliphatic rings. The molecule has 0 saturated carbocycles. The molecule has 1 aromatic rings. The topological polar surface area (TPSA) is 15.3 Å². The second-order valence-electron chi connectivity index (χ2n) is 5.28. The first kappa shape index (κ1) is 15.3. The minimum atomic E-state index is -4.28. The summed E-state index contributed by atoms with van der Waals surface area (Å²) in [6.07, 6.45) is -2.01. The summed E-state index contributed by atoms with van der Waals surface area (Å²) in [4.78, 5) is 2.08. The maximum absolute atomic E-state index is 13.0. The number of nitrogens with zero attached hydrogens (tertiary/aromatic N) is 1. The first-order valence-electron chi connectivity index (χ1n) is 7.11. The van der Waals surface area contributed by atoms with Crippen LogP contribution in [0, 0.1) is 0 Å². The van der Waals surface area contributed by atoms with Crippen LogP contribution in [0.15, 0.2) is 24.3 Å². The molecule has 0 aliphatic carbocycles. The van der Waals surface area contributed by atoms with E-state index in [0.717, 1.165) is 38.5 Å². The Hall–Kier alpha value is -1.07. The smallest absolute Gasteiger partial charge is 0.313 e. The average Bonchev–Trinajstić information content (AvgIpc) is 2.90. The average molecular weight is 286 g/mol. The molecule has 0 amide bonds. The van der Waals surface area contributed by atoms with Crippen molar-refractivity contribution in [3.8, 4) is 0 Å². The van der Waals surface area contributed by atoms with E-state index in [0.29, 0.717) is 18.2 Å². The molecule has 1 fully saturated rings. The van der Waals surface area contributed by atoms with Crippen LogP contribution in [0.2, 0.25) is 0 Å². The van der Waals surface area contributed by atoms with Crippen LogP contribution in [0.25, 0.3) is 0 Å². The van der Waals surface area contributed by atoms with E-state index in [2.05, 4.69) is 10.2 Å². The zero-order valence-corrected chi connectivity index (χ0v) is 11.7. The SMILES string of the molecule is CCN(Cc1ccccc1C(F)(F)F)CC1CCCN1. The highest BCUT2D eigenvalue weighted by Gasteiger charge is 2.33. The van der Waals surface area contributed by atoms with E-state index in [4.69, 9.17) is 0 Å². The summed E-state index contributed by atoms with van der Waals surface area (Å²) >= 11 is 0. The van der Waals surface area contributed by atoms with Crippen molar-refractivity contribution in [2.75, 3.05) is 19.6 Å². The van der Waals surface area contributed by atoms with Crippen LogP contribution in [0.5, 0.6) is 0 Å². The van der Waals surface area contributed by atoms with Crippen molar-refractivity contribution < 1.29 is 13.2 Å². The van der Waals surface area contributed by atoms with Crippen molar-refractivity contribution in [3.05, 3.63) is 35.4 Å². The number of halogens is 3. The van der Waals surface area contributed by atoms with Gasteiger partial charge in [0.1, 0.15) is 0 Å². The van der Waals surface area contributed by atoms with E-state index in [9.17, 15) is 13.2 Å². The minimum Gasteiger partial charge on any atom is -0.313 e. The van der Waals surface area contributed by atoms with Crippen molar-refractivity contribution in [1.29, 1.82) is 0 Å². The van der Waals surface area contributed by atoms with Crippen LogP contribution < -0.4 is 5.32 Å². The van der Waals surface area contributed by atoms with Gasteiger partial charge in [-0.25, -0.2) is 0 Å². The van der Waals surface area contributed by atoms with Crippen LogP contribution in [0.3, 0.4) is 0 Å². The third-order valence-corrected chi connectivity index (χ3v) is 3.80. The van der Waals surface area contributed by atoms with E-state index < -0.39 is 11.7 Å². The van der Waals surface area contributed by atoms with Crippen LogP contribution in [-0.4, -0.2) is 30.6 Å². The second kappa shape index (κ2) is 6.59. The number of likely N-dealkylation sites (N-methyl/N-ethyl adjacent to an activating group) is 1. The first-order valence-corrected chi connectivity index (χ1v) is 7.11. The lowest BCUT2D eigenvalue weighted by atomic mass is 10.1. The summed E-state index contributed by atoms with van der Waals surface area (Å²) in [6, 6.07) is 6.27. The predicted octanol–water partition coefficient (Wildman–Crippen LogP) is 3.28. The fourth-order valence-corrected chi connectivity index (χ4v) is 2.71. The van der Waals surface area contributed by atoms with E-state index in [1.165, 1.54) is 6.07 Å². The summed E-state index contributed by atoms with van der Waals surface area (Å²) in [5, 5.41) is 3.39. The Morgan fingerprint density at radius 3 is 2.65 bits per heavy atom. The minimum absolute atomic E-state index is 0.352. The Balaban J connectivity index is 2.07. The van der Waals surface area contributed by atoms with Gasteiger partial charge in [0.2, 0.25) is 0 Å². The Morgan fingerprint density at radius 2 is 2.05 bits per heavy atom. The van der Waals surface area contributed by atoms with Crippen LogP contribution in [0.1, 0.15) is 30.9 Å². The van der Waals surface area contributed by atoms with Crippen LogP contribution >= 0.6 is 0 Å². The summed E-state index contributed by atoms with van der Waals surface area (Å²) in [5.74, 6) is 0. The third kappa shape index (κ3) is 3.96. The molecule has 1 aliphatic heterocycles. The van der Waals surface area contributed by atoms with Gasteiger partial charge in [0.05, 0.1) is 5.56 Å². The summed E-state index contributed by atoms with van der Waals surface area (Å²) in [6.45, 7) is 4.92. The Labute approximate surface area is 118 Å². The molecule has 1 unspecified atom stereocenters. The molecule has 1 atom stereocenters. The lowest BCUT2D eigenvalue weighted by molar-refractivity contribution is -0.138.